The summed E-state index contributed by atoms with van der Waals surface area (Å²) in [6.45, 7) is 0. The van der Waals surface area contributed by atoms with Crippen molar-refractivity contribution in [1.29, 1.82) is 0 Å². The summed E-state index contributed by atoms with van der Waals surface area (Å²) in [6.07, 6.45) is 0. The predicted molar refractivity (Wildman–Crippen MR) is 75.8 cm³/mol. The van der Waals surface area contributed by atoms with Gasteiger partial charge in [-0.1, -0.05) is 40.9 Å². The Labute approximate surface area is 124 Å². The van der Waals surface area contributed by atoms with E-state index in [0.29, 0.717) is 15.7 Å². The second-order valence-electron chi connectivity index (χ2n) is 3.67. The maximum absolute atomic E-state index is 13.6. The van der Waals surface area contributed by atoms with E-state index in [9.17, 15) is 9.18 Å². The van der Waals surface area contributed by atoms with Gasteiger partial charge in [-0.05, 0) is 30.3 Å². The number of hydrogen-bond donors (Lipinski definition) is 1. The molecule has 1 N–H and O–H groups in total. The molecule has 2 aromatic rings. The van der Waals surface area contributed by atoms with Crippen molar-refractivity contribution >= 4 is 46.4 Å². The van der Waals surface area contributed by atoms with Gasteiger partial charge >= 0.3 is 0 Å². The van der Waals surface area contributed by atoms with Crippen LogP contribution in [-0.4, -0.2) is 5.91 Å². The first-order valence-electron chi connectivity index (χ1n) is 5.19. The van der Waals surface area contributed by atoms with Gasteiger partial charge < -0.3 is 5.32 Å². The monoisotopic (exact) mass is 317 g/mol. The first-order chi connectivity index (χ1) is 8.99. The van der Waals surface area contributed by atoms with Gasteiger partial charge in [0.25, 0.3) is 5.91 Å². The number of nitrogens with one attached hydrogen (secondary N) is 1. The zero-order valence-corrected chi connectivity index (χ0v) is 11.7. The lowest BCUT2D eigenvalue weighted by atomic mass is 10.2. The van der Waals surface area contributed by atoms with Gasteiger partial charge in [0, 0.05) is 5.02 Å². The normalized spacial score (nSPS) is 10.3. The molecule has 0 aliphatic rings. The van der Waals surface area contributed by atoms with E-state index in [2.05, 4.69) is 5.32 Å². The molecule has 2 aromatic carbocycles. The molecule has 0 heterocycles. The van der Waals surface area contributed by atoms with E-state index < -0.39 is 11.7 Å². The van der Waals surface area contributed by atoms with Crippen LogP contribution in [0.25, 0.3) is 0 Å². The number of halogens is 4. The molecule has 0 aliphatic heterocycles. The number of hydrogen-bond acceptors (Lipinski definition) is 1. The summed E-state index contributed by atoms with van der Waals surface area (Å²) in [4.78, 5) is 12.0. The van der Waals surface area contributed by atoms with Crippen molar-refractivity contribution in [2.24, 2.45) is 0 Å². The number of amides is 1. The summed E-state index contributed by atoms with van der Waals surface area (Å²) in [6, 6.07) is 8.58. The maximum atomic E-state index is 13.6. The predicted octanol–water partition coefficient (Wildman–Crippen LogP) is 5.04. The average Bonchev–Trinajstić information content (AvgIpc) is 2.33. The third kappa shape index (κ3) is 3.18. The quantitative estimate of drug-likeness (QED) is 0.826. The van der Waals surface area contributed by atoms with Crippen LogP contribution in [0.3, 0.4) is 0 Å². The van der Waals surface area contributed by atoms with Crippen LogP contribution in [0.4, 0.5) is 10.1 Å². The van der Waals surface area contributed by atoms with Crippen LogP contribution in [-0.2, 0) is 0 Å². The van der Waals surface area contributed by atoms with Gasteiger partial charge in [-0.3, -0.25) is 4.79 Å². The highest BCUT2D eigenvalue weighted by Crippen LogP contribution is 2.27. The van der Waals surface area contributed by atoms with Crippen LogP contribution in [0.5, 0.6) is 0 Å². The minimum absolute atomic E-state index is 0.0238. The van der Waals surface area contributed by atoms with Gasteiger partial charge in [0.05, 0.1) is 21.3 Å². The second-order valence-corrected chi connectivity index (χ2v) is 4.93. The van der Waals surface area contributed by atoms with Crippen molar-refractivity contribution in [3.8, 4) is 0 Å². The number of carbonyl (C=O) groups excluding carboxylic acids is 1. The summed E-state index contributed by atoms with van der Waals surface area (Å²) in [7, 11) is 0. The smallest absolute Gasteiger partial charge is 0.260 e. The van der Waals surface area contributed by atoms with Gasteiger partial charge in [-0.2, -0.15) is 0 Å². The molecule has 1 amide bonds. The van der Waals surface area contributed by atoms with Gasteiger partial charge in [-0.15, -0.1) is 0 Å². The fourth-order valence-electron chi connectivity index (χ4n) is 1.49. The first kappa shape index (κ1) is 14.1. The first-order valence-corrected chi connectivity index (χ1v) is 6.33. The van der Waals surface area contributed by atoms with Crippen molar-refractivity contribution in [2.45, 2.75) is 0 Å². The van der Waals surface area contributed by atoms with Gasteiger partial charge in [0.15, 0.2) is 0 Å². The Kier molecular flexibility index (Phi) is 4.30. The van der Waals surface area contributed by atoms with Crippen LogP contribution in [0, 0.1) is 5.82 Å². The SMILES string of the molecule is O=C(Nc1cc(Cl)ccc1Cl)c1c(F)cccc1Cl. The van der Waals surface area contributed by atoms with Gasteiger partial charge in [-0.25, -0.2) is 4.39 Å². The molecule has 0 atom stereocenters. The van der Waals surface area contributed by atoms with Crippen molar-refractivity contribution in [3.63, 3.8) is 0 Å². The van der Waals surface area contributed by atoms with E-state index >= 15 is 0 Å². The lowest BCUT2D eigenvalue weighted by Crippen LogP contribution is -2.14. The number of anilines is 1. The van der Waals surface area contributed by atoms with E-state index in [4.69, 9.17) is 34.8 Å². The number of rotatable bonds is 2. The largest absolute Gasteiger partial charge is 0.320 e. The van der Waals surface area contributed by atoms with E-state index in [1.54, 1.807) is 6.07 Å². The Morgan fingerprint density at radius 1 is 1.05 bits per heavy atom. The fourth-order valence-corrected chi connectivity index (χ4v) is 2.08. The van der Waals surface area contributed by atoms with Crippen LogP contribution >= 0.6 is 34.8 Å². The molecule has 0 unspecified atom stereocenters. The van der Waals surface area contributed by atoms with E-state index in [0.717, 1.165) is 6.07 Å². The highest BCUT2D eigenvalue weighted by Gasteiger charge is 2.16. The third-order valence-electron chi connectivity index (χ3n) is 2.37. The number of carbonyl (C=O) groups is 1. The topological polar surface area (TPSA) is 29.1 Å². The standard InChI is InChI=1S/C13H7Cl3FNO/c14-7-4-5-8(15)11(6-7)18-13(19)12-9(16)2-1-3-10(12)17/h1-6H,(H,18,19). The molecule has 0 saturated heterocycles. The molecule has 0 spiro atoms. The van der Waals surface area contributed by atoms with Gasteiger partial charge in [0.1, 0.15) is 5.82 Å². The fraction of sp³-hybridized carbons (Fsp3) is 0. The summed E-state index contributed by atoms with van der Waals surface area (Å²) in [5.41, 5.74) is 0.0543. The molecule has 0 aliphatic carbocycles. The zero-order valence-electron chi connectivity index (χ0n) is 9.38. The van der Waals surface area contributed by atoms with Crippen molar-refractivity contribution in [1.82, 2.24) is 0 Å². The van der Waals surface area contributed by atoms with Crippen molar-refractivity contribution in [3.05, 3.63) is 62.8 Å². The van der Waals surface area contributed by atoms with Gasteiger partial charge in [0.2, 0.25) is 0 Å². The molecule has 2 nitrogen and oxygen atoms in total. The Morgan fingerprint density at radius 3 is 2.47 bits per heavy atom. The molecule has 0 radical (unpaired) electrons. The Hall–Kier alpha value is -1.29. The molecule has 6 heteroatoms. The molecule has 2 rings (SSSR count). The van der Waals surface area contributed by atoms with E-state index in [1.165, 1.54) is 24.3 Å². The summed E-state index contributed by atoms with van der Waals surface area (Å²) < 4.78 is 13.6. The molecular weight excluding hydrogens is 312 g/mol. The minimum Gasteiger partial charge on any atom is -0.320 e. The summed E-state index contributed by atoms with van der Waals surface area (Å²) >= 11 is 17.5. The molecule has 0 saturated carbocycles. The molecule has 0 aromatic heterocycles. The second kappa shape index (κ2) is 5.78. The highest BCUT2D eigenvalue weighted by atomic mass is 35.5. The molecule has 19 heavy (non-hydrogen) atoms. The lowest BCUT2D eigenvalue weighted by molar-refractivity contribution is 0.102. The highest BCUT2D eigenvalue weighted by molar-refractivity contribution is 6.37. The minimum atomic E-state index is -0.705. The Balaban J connectivity index is 2.34. The van der Waals surface area contributed by atoms with Crippen LogP contribution < -0.4 is 5.32 Å². The maximum Gasteiger partial charge on any atom is 0.260 e. The lowest BCUT2D eigenvalue weighted by Gasteiger charge is -2.09. The van der Waals surface area contributed by atoms with Crippen molar-refractivity contribution in [2.75, 3.05) is 5.32 Å². The molecule has 0 fully saturated rings. The summed E-state index contributed by atoms with van der Waals surface area (Å²) in [5.74, 6) is -1.39. The van der Waals surface area contributed by atoms with Crippen LogP contribution in [0.15, 0.2) is 36.4 Å². The average molecular weight is 319 g/mol. The molecule has 0 bridgehead atoms. The molecular formula is C13H7Cl3FNO. The Bertz CT molecular complexity index is 626. The van der Waals surface area contributed by atoms with Crippen LogP contribution in [0.1, 0.15) is 10.4 Å². The summed E-state index contributed by atoms with van der Waals surface area (Å²) in [5, 5.41) is 3.19. The van der Waals surface area contributed by atoms with E-state index in [-0.39, 0.29) is 10.6 Å². The van der Waals surface area contributed by atoms with E-state index in [1.807, 2.05) is 0 Å². The third-order valence-corrected chi connectivity index (χ3v) is 3.25. The van der Waals surface area contributed by atoms with Crippen LogP contribution in [0.2, 0.25) is 15.1 Å². The number of benzene rings is 2. The molecule has 98 valence electrons. The Morgan fingerprint density at radius 2 is 1.79 bits per heavy atom. The van der Waals surface area contributed by atoms with Crippen molar-refractivity contribution < 1.29 is 9.18 Å². The zero-order chi connectivity index (χ0) is 14.0.